The van der Waals surface area contributed by atoms with Gasteiger partial charge in [-0.25, -0.2) is 0 Å². The summed E-state index contributed by atoms with van der Waals surface area (Å²) in [5.41, 5.74) is -0.114. The molecule has 0 heterocycles. The molecule has 1 amide bonds. The molecule has 0 unspecified atom stereocenters. The summed E-state index contributed by atoms with van der Waals surface area (Å²) in [4.78, 5) is 12.3. The Hall–Kier alpha value is -0.0500. The average Bonchev–Trinajstić information content (AvgIpc) is 2.78. The summed E-state index contributed by atoms with van der Waals surface area (Å²) >= 11 is 3.51. The van der Waals surface area contributed by atoms with Crippen molar-refractivity contribution in [1.29, 1.82) is 0 Å². The second-order valence-electron chi connectivity index (χ2n) is 4.90. The largest absolute Gasteiger partial charge is 0.353 e. The molecule has 2 saturated carbocycles. The van der Waals surface area contributed by atoms with E-state index in [2.05, 4.69) is 21.2 Å². The molecule has 0 aromatic heterocycles. The first kappa shape index (κ1) is 10.5. The molecule has 0 bridgehead atoms. The highest BCUT2D eigenvalue weighted by Crippen LogP contribution is 2.51. The monoisotopic (exact) mass is 259 g/mol. The van der Waals surface area contributed by atoms with Crippen LogP contribution >= 0.6 is 15.9 Å². The van der Waals surface area contributed by atoms with Crippen molar-refractivity contribution in [3.63, 3.8) is 0 Å². The number of halogens is 1. The van der Waals surface area contributed by atoms with E-state index in [1.807, 2.05) is 6.92 Å². The molecule has 3 heteroatoms. The quantitative estimate of drug-likeness (QED) is 0.760. The van der Waals surface area contributed by atoms with Gasteiger partial charge in [0.15, 0.2) is 0 Å². The molecule has 0 saturated heterocycles. The fraction of sp³-hybridized carbons (Fsp3) is 0.909. The second kappa shape index (κ2) is 3.84. The molecule has 2 fully saturated rings. The van der Waals surface area contributed by atoms with Gasteiger partial charge in [-0.3, -0.25) is 4.79 Å². The van der Waals surface area contributed by atoms with Crippen LogP contribution in [0.15, 0.2) is 0 Å². The lowest BCUT2D eigenvalue weighted by Gasteiger charge is -2.24. The van der Waals surface area contributed by atoms with Crippen molar-refractivity contribution in [3.8, 4) is 0 Å². The first-order chi connectivity index (χ1) is 6.63. The molecule has 2 nitrogen and oxygen atoms in total. The summed E-state index contributed by atoms with van der Waals surface area (Å²) in [6.07, 6.45) is 7.23. The minimum absolute atomic E-state index is 0.114. The number of carbonyl (C=O) groups excluding carboxylic acids is 1. The predicted octanol–water partition coefficient (Wildman–Crippen LogP) is 2.61. The summed E-state index contributed by atoms with van der Waals surface area (Å²) in [5, 5.41) is 3.18. The molecular weight excluding hydrogens is 242 g/mol. The fourth-order valence-corrected chi connectivity index (χ4v) is 3.03. The van der Waals surface area contributed by atoms with Crippen molar-refractivity contribution in [1.82, 2.24) is 5.32 Å². The SMILES string of the molecule is C[C@]1(C(=O)NC2CCCCC2)C[C@@H]1Br. The topological polar surface area (TPSA) is 29.1 Å². The molecule has 0 spiro atoms. The van der Waals surface area contributed by atoms with Crippen molar-refractivity contribution in [2.45, 2.75) is 56.3 Å². The number of nitrogens with one attached hydrogen (secondary N) is 1. The van der Waals surface area contributed by atoms with Gasteiger partial charge in [0.05, 0.1) is 5.41 Å². The molecule has 2 rings (SSSR count). The van der Waals surface area contributed by atoms with E-state index in [9.17, 15) is 4.79 Å². The third-order valence-corrected chi connectivity index (χ3v) is 4.93. The molecular formula is C11H18BrNO. The second-order valence-corrected chi connectivity index (χ2v) is 6.00. The van der Waals surface area contributed by atoms with Crippen LogP contribution in [0.3, 0.4) is 0 Å². The molecule has 2 atom stereocenters. The van der Waals surface area contributed by atoms with Crippen LogP contribution in [0.1, 0.15) is 45.4 Å². The number of amides is 1. The summed E-state index contributed by atoms with van der Waals surface area (Å²) in [7, 11) is 0. The van der Waals surface area contributed by atoms with E-state index in [1.54, 1.807) is 0 Å². The lowest BCUT2D eigenvalue weighted by atomic mass is 9.95. The highest BCUT2D eigenvalue weighted by Gasteiger charge is 2.54. The van der Waals surface area contributed by atoms with Gasteiger partial charge in [0.2, 0.25) is 5.91 Å². The number of alkyl halides is 1. The van der Waals surface area contributed by atoms with Gasteiger partial charge < -0.3 is 5.32 Å². The Morgan fingerprint density at radius 3 is 2.43 bits per heavy atom. The van der Waals surface area contributed by atoms with Crippen LogP contribution in [0.5, 0.6) is 0 Å². The molecule has 80 valence electrons. The summed E-state index contributed by atoms with van der Waals surface area (Å²) in [6, 6.07) is 0.452. The van der Waals surface area contributed by atoms with E-state index in [4.69, 9.17) is 0 Å². The maximum atomic E-state index is 11.9. The van der Waals surface area contributed by atoms with Crippen molar-refractivity contribution >= 4 is 21.8 Å². The average molecular weight is 260 g/mol. The number of hydrogen-bond acceptors (Lipinski definition) is 1. The van der Waals surface area contributed by atoms with Crippen LogP contribution in [-0.4, -0.2) is 16.8 Å². The lowest BCUT2D eigenvalue weighted by molar-refractivity contribution is -0.126. The lowest BCUT2D eigenvalue weighted by Crippen LogP contribution is -2.40. The Morgan fingerprint density at radius 1 is 1.36 bits per heavy atom. The van der Waals surface area contributed by atoms with Crippen LogP contribution in [-0.2, 0) is 4.79 Å². The van der Waals surface area contributed by atoms with Crippen LogP contribution < -0.4 is 5.32 Å². The zero-order chi connectivity index (χ0) is 10.2. The van der Waals surface area contributed by atoms with E-state index in [-0.39, 0.29) is 11.3 Å². The van der Waals surface area contributed by atoms with Crippen molar-refractivity contribution < 1.29 is 4.79 Å². The molecule has 0 aliphatic heterocycles. The normalized spacial score (nSPS) is 38.0. The predicted molar refractivity (Wildman–Crippen MR) is 60.5 cm³/mol. The highest BCUT2D eigenvalue weighted by molar-refractivity contribution is 9.09. The maximum absolute atomic E-state index is 11.9. The van der Waals surface area contributed by atoms with Crippen LogP contribution in [0.25, 0.3) is 0 Å². The molecule has 1 N–H and O–H groups in total. The molecule has 14 heavy (non-hydrogen) atoms. The Morgan fingerprint density at radius 2 is 1.93 bits per heavy atom. The van der Waals surface area contributed by atoms with E-state index in [0.29, 0.717) is 10.9 Å². The third-order valence-electron chi connectivity index (χ3n) is 3.59. The van der Waals surface area contributed by atoms with Gasteiger partial charge in [0.1, 0.15) is 0 Å². The Balaban J connectivity index is 1.82. The van der Waals surface area contributed by atoms with E-state index >= 15 is 0 Å². The molecule has 2 aliphatic rings. The van der Waals surface area contributed by atoms with Crippen LogP contribution in [0, 0.1) is 5.41 Å². The van der Waals surface area contributed by atoms with Crippen molar-refractivity contribution in [2.75, 3.05) is 0 Å². The minimum atomic E-state index is -0.114. The van der Waals surface area contributed by atoms with Gasteiger partial charge in [-0.1, -0.05) is 35.2 Å². The van der Waals surface area contributed by atoms with Crippen LogP contribution in [0.4, 0.5) is 0 Å². The Bertz CT molecular complexity index is 237. The minimum Gasteiger partial charge on any atom is -0.353 e. The highest BCUT2D eigenvalue weighted by atomic mass is 79.9. The summed E-state index contributed by atoms with van der Waals surface area (Å²) in [5.74, 6) is 0.256. The standard InChI is InChI=1S/C11H18BrNO/c1-11(7-9(11)12)10(14)13-8-5-3-2-4-6-8/h8-9H,2-7H2,1H3,(H,13,14)/t9-,11-/m0/s1. The van der Waals surface area contributed by atoms with E-state index < -0.39 is 0 Å². The molecule has 2 aliphatic carbocycles. The van der Waals surface area contributed by atoms with Gasteiger partial charge in [0.25, 0.3) is 0 Å². The molecule has 0 aromatic carbocycles. The summed E-state index contributed by atoms with van der Waals surface area (Å²) in [6.45, 7) is 2.05. The number of rotatable bonds is 2. The van der Waals surface area contributed by atoms with E-state index in [0.717, 1.165) is 6.42 Å². The fourth-order valence-electron chi connectivity index (χ4n) is 2.15. The van der Waals surface area contributed by atoms with Crippen molar-refractivity contribution in [2.24, 2.45) is 5.41 Å². The third kappa shape index (κ3) is 1.97. The zero-order valence-corrected chi connectivity index (χ0v) is 10.3. The number of carbonyl (C=O) groups is 1. The smallest absolute Gasteiger partial charge is 0.227 e. The van der Waals surface area contributed by atoms with Gasteiger partial charge in [-0.2, -0.15) is 0 Å². The first-order valence-corrected chi connectivity index (χ1v) is 6.49. The van der Waals surface area contributed by atoms with Gasteiger partial charge in [0, 0.05) is 10.9 Å². The molecule has 0 radical (unpaired) electrons. The Kier molecular flexibility index (Phi) is 2.87. The van der Waals surface area contributed by atoms with Crippen LogP contribution in [0.2, 0.25) is 0 Å². The zero-order valence-electron chi connectivity index (χ0n) is 8.68. The van der Waals surface area contributed by atoms with Crippen molar-refractivity contribution in [3.05, 3.63) is 0 Å². The summed E-state index contributed by atoms with van der Waals surface area (Å²) < 4.78 is 0. The Labute approximate surface area is 94.0 Å². The van der Waals surface area contributed by atoms with Gasteiger partial charge in [-0.05, 0) is 26.2 Å². The number of hydrogen-bond donors (Lipinski definition) is 1. The van der Waals surface area contributed by atoms with Gasteiger partial charge in [-0.15, -0.1) is 0 Å². The van der Waals surface area contributed by atoms with E-state index in [1.165, 1.54) is 32.1 Å². The maximum Gasteiger partial charge on any atom is 0.227 e. The van der Waals surface area contributed by atoms with Gasteiger partial charge >= 0.3 is 0 Å². The first-order valence-electron chi connectivity index (χ1n) is 5.58. The molecule has 0 aromatic rings.